The number of halogens is 3. The fourth-order valence-electron chi connectivity index (χ4n) is 1.50. The highest BCUT2D eigenvalue weighted by Crippen LogP contribution is 2.29. The SMILES string of the molecule is COc1oc(-c2ccc(OC(F)(F)F)cc2)nc1C(=O)O. The average molecular weight is 303 g/mol. The Labute approximate surface area is 115 Å². The normalized spacial score (nSPS) is 11.2. The molecule has 6 nitrogen and oxygen atoms in total. The Morgan fingerprint density at radius 2 is 1.90 bits per heavy atom. The largest absolute Gasteiger partial charge is 0.573 e. The Balaban J connectivity index is 2.29. The van der Waals surface area contributed by atoms with Crippen LogP contribution in [0.5, 0.6) is 11.7 Å². The number of aromatic nitrogens is 1. The Hall–Kier alpha value is -2.71. The maximum absolute atomic E-state index is 12.0. The van der Waals surface area contributed by atoms with Gasteiger partial charge < -0.3 is 19.0 Å². The summed E-state index contributed by atoms with van der Waals surface area (Å²) >= 11 is 0. The molecule has 1 aromatic heterocycles. The van der Waals surface area contributed by atoms with Gasteiger partial charge in [0.25, 0.3) is 0 Å². The lowest BCUT2D eigenvalue weighted by atomic mass is 10.2. The van der Waals surface area contributed by atoms with Crippen LogP contribution in [0.4, 0.5) is 13.2 Å². The standard InChI is InChI=1S/C12H8F3NO5/c1-19-11-8(10(17)18)16-9(20-11)6-2-4-7(5-3-6)21-12(13,14)15/h2-5H,1H3,(H,17,18). The number of oxazole rings is 1. The molecular weight excluding hydrogens is 295 g/mol. The van der Waals surface area contributed by atoms with Crippen LogP contribution in [0.2, 0.25) is 0 Å². The second kappa shape index (κ2) is 5.35. The van der Waals surface area contributed by atoms with Gasteiger partial charge in [-0.1, -0.05) is 0 Å². The van der Waals surface area contributed by atoms with Crippen molar-refractivity contribution in [2.24, 2.45) is 0 Å². The van der Waals surface area contributed by atoms with E-state index in [9.17, 15) is 18.0 Å². The van der Waals surface area contributed by atoms with E-state index in [1.165, 1.54) is 19.2 Å². The van der Waals surface area contributed by atoms with Gasteiger partial charge in [0.05, 0.1) is 7.11 Å². The zero-order valence-corrected chi connectivity index (χ0v) is 10.5. The van der Waals surface area contributed by atoms with Crippen molar-refractivity contribution < 1.29 is 37.0 Å². The molecule has 112 valence electrons. The lowest BCUT2D eigenvalue weighted by Gasteiger charge is -2.08. The molecule has 2 aromatic rings. The number of nitrogens with zero attached hydrogens (tertiary/aromatic N) is 1. The number of rotatable bonds is 4. The minimum absolute atomic E-state index is 0.0946. The summed E-state index contributed by atoms with van der Waals surface area (Å²) < 4.78 is 49.6. The molecule has 0 unspecified atom stereocenters. The first-order valence-electron chi connectivity index (χ1n) is 5.44. The van der Waals surface area contributed by atoms with Gasteiger partial charge in [-0.3, -0.25) is 0 Å². The zero-order valence-electron chi connectivity index (χ0n) is 10.5. The lowest BCUT2D eigenvalue weighted by Crippen LogP contribution is -2.16. The van der Waals surface area contributed by atoms with Crippen LogP contribution in [-0.4, -0.2) is 29.5 Å². The van der Waals surface area contributed by atoms with Crippen LogP contribution >= 0.6 is 0 Å². The van der Waals surface area contributed by atoms with Gasteiger partial charge in [-0.2, -0.15) is 4.98 Å². The first-order chi connectivity index (χ1) is 9.80. The number of hydrogen-bond donors (Lipinski definition) is 1. The molecule has 9 heteroatoms. The van der Waals surface area contributed by atoms with E-state index in [2.05, 4.69) is 9.72 Å². The number of carbonyl (C=O) groups is 1. The summed E-state index contributed by atoms with van der Waals surface area (Å²) in [4.78, 5) is 14.6. The molecule has 1 aromatic carbocycles. The van der Waals surface area contributed by atoms with Crippen LogP contribution in [0.25, 0.3) is 11.5 Å². The van der Waals surface area contributed by atoms with Crippen LogP contribution in [0.15, 0.2) is 28.7 Å². The van der Waals surface area contributed by atoms with Gasteiger partial charge >= 0.3 is 18.3 Å². The number of carboxylic acids is 1. The monoisotopic (exact) mass is 303 g/mol. The van der Waals surface area contributed by atoms with Crippen molar-refractivity contribution in [1.29, 1.82) is 0 Å². The summed E-state index contributed by atoms with van der Waals surface area (Å²) in [6.45, 7) is 0. The number of benzene rings is 1. The van der Waals surface area contributed by atoms with E-state index in [1.54, 1.807) is 0 Å². The molecule has 0 spiro atoms. The van der Waals surface area contributed by atoms with Crippen molar-refractivity contribution in [2.75, 3.05) is 7.11 Å². The molecule has 0 bridgehead atoms. The van der Waals surface area contributed by atoms with Gasteiger partial charge in [0.1, 0.15) is 5.75 Å². The lowest BCUT2D eigenvalue weighted by molar-refractivity contribution is -0.274. The molecule has 0 saturated carbocycles. The molecule has 0 amide bonds. The molecular formula is C12H8F3NO5. The third-order valence-corrected chi connectivity index (χ3v) is 2.32. The van der Waals surface area contributed by atoms with Crippen LogP contribution in [-0.2, 0) is 0 Å². The van der Waals surface area contributed by atoms with Crippen molar-refractivity contribution in [3.8, 4) is 23.1 Å². The molecule has 1 heterocycles. The highest BCUT2D eigenvalue weighted by molar-refractivity contribution is 5.88. The molecule has 0 fully saturated rings. The fourth-order valence-corrected chi connectivity index (χ4v) is 1.50. The summed E-state index contributed by atoms with van der Waals surface area (Å²) in [6.07, 6.45) is -4.79. The van der Waals surface area contributed by atoms with Crippen molar-refractivity contribution in [2.45, 2.75) is 6.36 Å². The van der Waals surface area contributed by atoms with Crippen molar-refractivity contribution in [1.82, 2.24) is 4.98 Å². The zero-order chi connectivity index (χ0) is 15.6. The Bertz CT molecular complexity index is 648. The van der Waals surface area contributed by atoms with E-state index in [1.807, 2.05) is 0 Å². The Morgan fingerprint density at radius 3 is 2.33 bits per heavy atom. The Morgan fingerprint density at radius 1 is 1.29 bits per heavy atom. The summed E-state index contributed by atoms with van der Waals surface area (Å²) in [5.74, 6) is -2.15. The minimum atomic E-state index is -4.79. The number of aromatic carboxylic acids is 1. The predicted octanol–water partition coefficient (Wildman–Crippen LogP) is 2.95. The number of ether oxygens (including phenoxy) is 2. The summed E-state index contributed by atoms with van der Waals surface area (Å²) in [5.41, 5.74) is -0.154. The van der Waals surface area contributed by atoms with Gasteiger partial charge in [0.2, 0.25) is 11.6 Å². The molecule has 21 heavy (non-hydrogen) atoms. The highest BCUT2D eigenvalue weighted by Gasteiger charge is 2.31. The number of alkyl halides is 3. The molecule has 0 atom stereocenters. The van der Waals surface area contributed by atoms with Gasteiger partial charge in [0, 0.05) is 5.56 Å². The molecule has 0 aliphatic heterocycles. The second-order valence-electron chi connectivity index (χ2n) is 3.74. The maximum Gasteiger partial charge on any atom is 0.573 e. The number of carboxylic acid groups (broad SMARTS) is 1. The van der Waals surface area contributed by atoms with Gasteiger partial charge in [-0.15, -0.1) is 13.2 Å². The van der Waals surface area contributed by atoms with Crippen molar-refractivity contribution in [3.05, 3.63) is 30.0 Å². The van der Waals surface area contributed by atoms with E-state index in [-0.39, 0.29) is 17.4 Å². The second-order valence-corrected chi connectivity index (χ2v) is 3.74. The topological polar surface area (TPSA) is 81.8 Å². The number of methoxy groups -OCH3 is 1. The highest BCUT2D eigenvalue weighted by atomic mass is 19.4. The molecule has 0 aliphatic carbocycles. The number of hydrogen-bond acceptors (Lipinski definition) is 5. The molecule has 0 radical (unpaired) electrons. The minimum Gasteiger partial charge on any atom is -0.476 e. The van der Waals surface area contributed by atoms with Gasteiger partial charge in [-0.25, -0.2) is 4.79 Å². The first kappa shape index (κ1) is 14.7. The van der Waals surface area contributed by atoms with Gasteiger partial charge in [-0.05, 0) is 24.3 Å². The predicted molar refractivity (Wildman–Crippen MR) is 62.1 cm³/mol. The summed E-state index contributed by atoms with van der Waals surface area (Å²) in [6, 6.07) is 4.61. The van der Waals surface area contributed by atoms with Crippen LogP contribution < -0.4 is 9.47 Å². The Kier molecular flexibility index (Phi) is 3.74. The van der Waals surface area contributed by atoms with E-state index >= 15 is 0 Å². The summed E-state index contributed by atoms with van der Waals surface area (Å²) in [7, 11) is 1.21. The molecule has 0 saturated heterocycles. The molecule has 1 N–H and O–H groups in total. The fraction of sp³-hybridized carbons (Fsp3) is 0.167. The molecule has 0 aliphatic rings. The van der Waals surface area contributed by atoms with Crippen LogP contribution in [0.3, 0.4) is 0 Å². The summed E-state index contributed by atoms with van der Waals surface area (Å²) in [5, 5.41) is 8.88. The van der Waals surface area contributed by atoms with E-state index in [0.717, 1.165) is 12.1 Å². The van der Waals surface area contributed by atoms with Crippen molar-refractivity contribution in [3.63, 3.8) is 0 Å². The van der Waals surface area contributed by atoms with E-state index in [0.29, 0.717) is 0 Å². The van der Waals surface area contributed by atoms with E-state index < -0.39 is 23.8 Å². The maximum atomic E-state index is 12.0. The quantitative estimate of drug-likeness (QED) is 0.935. The van der Waals surface area contributed by atoms with Crippen molar-refractivity contribution >= 4 is 5.97 Å². The third-order valence-electron chi connectivity index (χ3n) is 2.32. The smallest absolute Gasteiger partial charge is 0.476 e. The van der Waals surface area contributed by atoms with Crippen LogP contribution in [0.1, 0.15) is 10.5 Å². The van der Waals surface area contributed by atoms with Crippen LogP contribution in [0, 0.1) is 0 Å². The third kappa shape index (κ3) is 3.44. The van der Waals surface area contributed by atoms with E-state index in [4.69, 9.17) is 14.3 Å². The van der Waals surface area contributed by atoms with Gasteiger partial charge in [0.15, 0.2) is 0 Å². The first-order valence-corrected chi connectivity index (χ1v) is 5.44. The molecule has 2 rings (SSSR count). The average Bonchev–Trinajstić information content (AvgIpc) is 2.82.